The molecular weight excluding hydrogens is 439 g/mol. The first-order valence-corrected chi connectivity index (χ1v) is 6.99. The molecule has 0 amide bonds. The Morgan fingerprint density at radius 1 is 1.37 bits per heavy atom. The van der Waals surface area contributed by atoms with E-state index in [0.29, 0.717) is 3.59 Å². The first kappa shape index (κ1) is 15.1. The summed E-state index contributed by atoms with van der Waals surface area (Å²) in [4.78, 5) is 23.4. The Hall–Kier alpha value is -0.270. The Labute approximate surface area is 128 Å². The van der Waals surface area contributed by atoms with Crippen LogP contribution in [0, 0.1) is 3.57 Å². The highest BCUT2D eigenvalue weighted by molar-refractivity contribution is 14.1. The minimum Gasteiger partial charge on any atom is -0.394 e. The van der Waals surface area contributed by atoms with Crippen LogP contribution in [-0.4, -0.2) is 48.4 Å². The van der Waals surface area contributed by atoms with Crippen molar-refractivity contribution >= 4 is 38.7 Å². The molecule has 2 heterocycles. The van der Waals surface area contributed by atoms with E-state index in [1.165, 1.54) is 6.20 Å². The van der Waals surface area contributed by atoms with Gasteiger partial charge >= 0.3 is 5.69 Å². The van der Waals surface area contributed by atoms with Crippen molar-refractivity contribution in [3.63, 3.8) is 0 Å². The molecule has 0 bridgehead atoms. The van der Waals surface area contributed by atoms with Gasteiger partial charge in [0.05, 0.1) is 26.3 Å². The van der Waals surface area contributed by atoms with Crippen LogP contribution >= 0.6 is 38.7 Å². The third-order valence-corrected chi connectivity index (χ3v) is 4.18. The van der Waals surface area contributed by atoms with E-state index in [2.05, 4.69) is 16.1 Å². The normalized spacial score (nSPS) is 30.8. The van der Waals surface area contributed by atoms with Crippen molar-refractivity contribution < 1.29 is 20.1 Å². The van der Waals surface area contributed by atoms with Gasteiger partial charge in [-0.15, -0.1) is 0 Å². The summed E-state index contributed by atoms with van der Waals surface area (Å²) in [6.45, 7) is -0.492. The van der Waals surface area contributed by atoms with Gasteiger partial charge < -0.3 is 20.1 Å². The summed E-state index contributed by atoms with van der Waals surface area (Å²) < 4.78 is 7.14. The monoisotopic (exact) mass is 448 g/mol. The Kier molecular flexibility index (Phi) is 4.47. The number of halogens is 2. The quantitative estimate of drug-likeness (QED) is 0.469. The maximum atomic E-state index is 11.9. The fourth-order valence-electron chi connectivity index (χ4n) is 1.81. The molecule has 0 aromatic carbocycles. The van der Waals surface area contributed by atoms with E-state index < -0.39 is 42.4 Å². The van der Waals surface area contributed by atoms with E-state index >= 15 is 0 Å². The smallest absolute Gasteiger partial charge is 0.343 e. The van der Waals surface area contributed by atoms with Gasteiger partial charge in [0.15, 0.2) is 6.23 Å². The largest absolute Gasteiger partial charge is 0.394 e. The molecule has 1 fully saturated rings. The molecule has 106 valence electrons. The van der Waals surface area contributed by atoms with Gasteiger partial charge in [0.2, 0.25) is 0 Å². The lowest BCUT2D eigenvalue weighted by molar-refractivity contribution is -0.0552. The van der Waals surface area contributed by atoms with Crippen molar-refractivity contribution in [2.24, 2.45) is 0 Å². The second-order valence-corrected chi connectivity index (χ2v) is 5.85. The topological polar surface area (TPSA) is 114 Å². The van der Waals surface area contributed by atoms with Crippen LogP contribution in [-0.2, 0) is 4.74 Å². The van der Waals surface area contributed by atoms with Gasteiger partial charge in [0, 0.05) is 6.20 Å². The van der Waals surface area contributed by atoms with Crippen LogP contribution in [0.25, 0.3) is 0 Å². The van der Waals surface area contributed by atoms with E-state index in [1.54, 1.807) is 22.6 Å². The van der Waals surface area contributed by atoms with E-state index in [0.717, 1.165) is 4.57 Å². The summed E-state index contributed by atoms with van der Waals surface area (Å²) in [5.74, 6) is 0. The van der Waals surface area contributed by atoms with Crippen molar-refractivity contribution in [3.05, 3.63) is 30.6 Å². The van der Waals surface area contributed by atoms with Crippen molar-refractivity contribution in [2.45, 2.75) is 24.5 Å². The molecule has 3 N–H and O–H groups in total. The first-order valence-electron chi connectivity index (χ1n) is 5.20. The maximum absolute atomic E-state index is 11.9. The summed E-state index contributed by atoms with van der Waals surface area (Å²) in [5, 5.41) is 28.5. The second-order valence-electron chi connectivity index (χ2n) is 3.98. The van der Waals surface area contributed by atoms with E-state index in [4.69, 9.17) is 9.84 Å². The summed E-state index contributed by atoms with van der Waals surface area (Å²) in [5.41, 5.74) is -1.28. The Morgan fingerprint density at radius 2 is 2.00 bits per heavy atom. The molecule has 0 radical (unpaired) electrons. The standard InChI is InChI=1S/C9H10BrIN2O6/c10-13-7(17)3(11)1-12(9(13)18)8-6(16)5(15)4(2-14)19-8/h1,4-6,8,14-16H,2H2/t4-,5+,6-,8-/m1/s1. The number of hydrogen-bond donors (Lipinski definition) is 3. The average Bonchev–Trinajstić information content (AvgIpc) is 2.68. The highest BCUT2D eigenvalue weighted by atomic mass is 127. The van der Waals surface area contributed by atoms with Gasteiger partial charge in [0.25, 0.3) is 5.56 Å². The third-order valence-electron chi connectivity index (χ3n) is 2.82. The predicted octanol–water partition coefficient (Wildman–Crippen LogP) is -1.62. The fourth-order valence-corrected chi connectivity index (χ4v) is 3.05. The predicted molar refractivity (Wildman–Crippen MR) is 75.0 cm³/mol. The number of aliphatic hydroxyl groups excluding tert-OH is 3. The Morgan fingerprint density at radius 3 is 2.53 bits per heavy atom. The number of rotatable bonds is 2. The Balaban J connectivity index is 2.50. The molecule has 0 aliphatic carbocycles. The molecule has 0 saturated carbocycles. The summed E-state index contributed by atoms with van der Waals surface area (Å²) in [7, 11) is 0. The summed E-state index contributed by atoms with van der Waals surface area (Å²) in [6, 6.07) is 0. The lowest BCUT2D eigenvalue weighted by atomic mass is 10.1. The summed E-state index contributed by atoms with van der Waals surface area (Å²) in [6.07, 6.45) is -3.62. The van der Waals surface area contributed by atoms with Gasteiger partial charge in [-0.2, -0.15) is 3.59 Å². The molecule has 0 unspecified atom stereocenters. The highest BCUT2D eigenvalue weighted by Crippen LogP contribution is 2.28. The number of aliphatic hydroxyl groups is 3. The molecule has 1 aromatic rings. The molecule has 8 nitrogen and oxygen atoms in total. The molecular formula is C9H10BrIN2O6. The third kappa shape index (κ3) is 2.52. The molecule has 0 spiro atoms. The number of ether oxygens (including phenoxy) is 1. The van der Waals surface area contributed by atoms with E-state index in [-0.39, 0.29) is 3.57 Å². The number of nitrogens with zero attached hydrogens (tertiary/aromatic N) is 2. The van der Waals surface area contributed by atoms with Crippen LogP contribution < -0.4 is 11.2 Å². The fraction of sp³-hybridized carbons (Fsp3) is 0.556. The molecule has 1 aliphatic rings. The van der Waals surface area contributed by atoms with Crippen molar-refractivity contribution in [1.29, 1.82) is 0 Å². The minimum absolute atomic E-state index is 0.229. The van der Waals surface area contributed by atoms with Crippen LogP contribution in [0.4, 0.5) is 0 Å². The lowest BCUT2D eigenvalue weighted by Crippen LogP contribution is -2.41. The van der Waals surface area contributed by atoms with E-state index in [1.807, 2.05) is 0 Å². The number of hydrogen-bond acceptors (Lipinski definition) is 6. The number of aromatic nitrogens is 2. The van der Waals surface area contributed by atoms with Crippen LogP contribution in [0.1, 0.15) is 6.23 Å². The SMILES string of the molecule is O=c1c(I)cn([C@@H]2O[C@H](CO)[C@H](O)[C@H]2O)c(=O)n1Br. The molecule has 4 atom stereocenters. The molecule has 1 aliphatic heterocycles. The van der Waals surface area contributed by atoms with Gasteiger partial charge in [-0.1, -0.05) is 0 Å². The highest BCUT2D eigenvalue weighted by Gasteiger charge is 2.44. The molecule has 10 heteroatoms. The molecule has 19 heavy (non-hydrogen) atoms. The average molecular weight is 449 g/mol. The summed E-state index contributed by atoms with van der Waals surface area (Å²) >= 11 is 4.55. The van der Waals surface area contributed by atoms with Crippen molar-refractivity contribution in [2.75, 3.05) is 6.61 Å². The van der Waals surface area contributed by atoms with Gasteiger partial charge in [-0.25, -0.2) is 4.79 Å². The van der Waals surface area contributed by atoms with Crippen LogP contribution in [0.3, 0.4) is 0 Å². The lowest BCUT2D eigenvalue weighted by Gasteiger charge is -2.18. The van der Waals surface area contributed by atoms with Crippen molar-refractivity contribution in [3.8, 4) is 0 Å². The van der Waals surface area contributed by atoms with Crippen LogP contribution in [0.5, 0.6) is 0 Å². The van der Waals surface area contributed by atoms with E-state index in [9.17, 15) is 19.8 Å². The van der Waals surface area contributed by atoms with Crippen molar-refractivity contribution in [1.82, 2.24) is 8.16 Å². The maximum Gasteiger partial charge on any atom is 0.343 e. The Bertz CT molecular complexity index is 601. The van der Waals surface area contributed by atoms with Gasteiger partial charge in [-0.05, 0) is 22.6 Å². The zero-order valence-electron chi connectivity index (χ0n) is 9.31. The van der Waals surface area contributed by atoms with Gasteiger partial charge in [-0.3, -0.25) is 9.36 Å². The second kappa shape index (κ2) is 5.61. The first-order chi connectivity index (χ1) is 8.88. The zero-order chi connectivity index (χ0) is 14.3. The molecule has 1 saturated heterocycles. The van der Waals surface area contributed by atoms with Gasteiger partial charge in [0.1, 0.15) is 18.3 Å². The zero-order valence-corrected chi connectivity index (χ0v) is 13.1. The van der Waals surface area contributed by atoms with Crippen LogP contribution in [0.15, 0.2) is 15.8 Å². The molecule has 1 aromatic heterocycles. The minimum atomic E-state index is -1.38. The molecule has 2 rings (SSSR count). The van der Waals surface area contributed by atoms with Crippen LogP contribution in [0.2, 0.25) is 0 Å².